The molecule has 2 fully saturated rings. The van der Waals surface area contributed by atoms with E-state index in [1.165, 1.54) is 12.8 Å². The molecule has 2 heterocycles. The van der Waals surface area contributed by atoms with Crippen molar-refractivity contribution in [2.24, 2.45) is 5.92 Å². The second-order valence-corrected chi connectivity index (χ2v) is 5.80. The van der Waals surface area contributed by atoms with Crippen LogP contribution in [0, 0.1) is 5.92 Å². The first-order valence-corrected chi connectivity index (χ1v) is 6.71. The van der Waals surface area contributed by atoms with Gasteiger partial charge in [-0.3, -0.25) is 4.79 Å². The lowest BCUT2D eigenvalue weighted by Gasteiger charge is -2.31. The Morgan fingerprint density at radius 3 is 3.06 bits per heavy atom. The molecule has 0 spiro atoms. The van der Waals surface area contributed by atoms with E-state index in [4.69, 9.17) is 4.74 Å². The zero-order valence-corrected chi connectivity index (χ0v) is 10.9. The van der Waals surface area contributed by atoms with Gasteiger partial charge in [-0.25, -0.2) is 0 Å². The number of carbonyl (C=O) groups excluding carboxylic acids is 1. The highest BCUT2D eigenvalue weighted by Crippen LogP contribution is 2.20. The second kappa shape index (κ2) is 5.36. The molecule has 2 aliphatic rings. The summed E-state index contributed by atoms with van der Waals surface area (Å²) in [5, 5.41) is 6.56. The number of piperidine rings is 1. The molecule has 0 aromatic heterocycles. The monoisotopic (exact) mass is 240 g/mol. The number of hydrogen-bond acceptors (Lipinski definition) is 3. The maximum Gasteiger partial charge on any atom is 0.222 e. The van der Waals surface area contributed by atoms with E-state index in [-0.39, 0.29) is 11.4 Å². The molecule has 2 rings (SSSR count). The van der Waals surface area contributed by atoms with Crippen LogP contribution in [-0.4, -0.2) is 37.2 Å². The van der Waals surface area contributed by atoms with E-state index in [0.29, 0.717) is 25.0 Å². The average Bonchev–Trinajstić information content (AvgIpc) is 2.68. The number of hydrogen-bond donors (Lipinski definition) is 2. The molecule has 98 valence electrons. The normalized spacial score (nSPS) is 38.0. The molecule has 0 aromatic rings. The summed E-state index contributed by atoms with van der Waals surface area (Å²) in [4.78, 5) is 12.0. The number of carbonyl (C=O) groups is 1. The molecule has 0 saturated carbocycles. The molecule has 0 radical (unpaired) electrons. The molecular formula is C13H24N2O2. The van der Waals surface area contributed by atoms with Crippen molar-refractivity contribution in [3.63, 3.8) is 0 Å². The van der Waals surface area contributed by atoms with Crippen LogP contribution >= 0.6 is 0 Å². The maximum atomic E-state index is 12.0. The topological polar surface area (TPSA) is 50.4 Å². The van der Waals surface area contributed by atoms with Crippen molar-refractivity contribution >= 4 is 5.91 Å². The molecular weight excluding hydrogens is 216 g/mol. The maximum absolute atomic E-state index is 12.0. The predicted octanol–water partition coefficient (Wildman–Crippen LogP) is 1.06. The molecule has 2 aliphatic heterocycles. The number of amides is 1. The number of rotatable bonds is 3. The Morgan fingerprint density at radius 2 is 2.41 bits per heavy atom. The predicted molar refractivity (Wildman–Crippen MR) is 66.8 cm³/mol. The summed E-state index contributed by atoms with van der Waals surface area (Å²) in [7, 11) is 0. The SMILES string of the molecule is CC1CCCNC1CC(=O)NC1(C)CCOC1. The third-order valence-electron chi connectivity index (χ3n) is 3.99. The zero-order valence-electron chi connectivity index (χ0n) is 10.9. The van der Waals surface area contributed by atoms with Crippen LogP contribution in [0.3, 0.4) is 0 Å². The third kappa shape index (κ3) is 3.42. The van der Waals surface area contributed by atoms with E-state index in [0.717, 1.165) is 19.6 Å². The Bertz CT molecular complexity index is 275. The van der Waals surface area contributed by atoms with Crippen LogP contribution in [-0.2, 0) is 9.53 Å². The fourth-order valence-corrected chi connectivity index (χ4v) is 2.74. The van der Waals surface area contributed by atoms with Gasteiger partial charge in [0.1, 0.15) is 0 Å². The van der Waals surface area contributed by atoms with E-state index in [1.807, 2.05) is 0 Å². The van der Waals surface area contributed by atoms with Crippen LogP contribution in [0.2, 0.25) is 0 Å². The van der Waals surface area contributed by atoms with Crippen molar-refractivity contribution in [1.29, 1.82) is 0 Å². The molecule has 1 amide bonds. The van der Waals surface area contributed by atoms with Crippen molar-refractivity contribution in [2.45, 2.75) is 51.1 Å². The Morgan fingerprint density at radius 1 is 1.59 bits per heavy atom. The number of ether oxygens (including phenoxy) is 1. The molecule has 2 saturated heterocycles. The summed E-state index contributed by atoms with van der Waals surface area (Å²) in [6, 6.07) is 0.342. The smallest absolute Gasteiger partial charge is 0.222 e. The first kappa shape index (κ1) is 12.8. The summed E-state index contributed by atoms with van der Waals surface area (Å²) in [6.45, 7) is 6.74. The van der Waals surface area contributed by atoms with Crippen LogP contribution in [0.4, 0.5) is 0 Å². The molecule has 0 aliphatic carbocycles. The van der Waals surface area contributed by atoms with Gasteiger partial charge in [-0.15, -0.1) is 0 Å². The summed E-state index contributed by atoms with van der Waals surface area (Å²) in [6.07, 6.45) is 3.97. The van der Waals surface area contributed by atoms with Crippen LogP contribution in [0.5, 0.6) is 0 Å². The fraction of sp³-hybridized carbons (Fsp3) is 0.923. The Balaban J connectivity index is 1.80. The first-order chi connectivity index (χ1) is 8.09. The van der Waals surface area contributed by atoms with Crippen LogP contribution in [0.25, 0.3) is 0 Å². The van der Waals surface area contributed by atoms with Crippen molar-refractivity contribution in [1.82, 2.24) is 10.6 Å². The van der Waals surface area contributed by atoms with Crippen molar-refractivity contribution in [2.75, 3.05) is 19.8 Å². The van der Waals surface area contributed by atoms with Gasteiger partial charge in [0.05, 0.1) is 12.1 Å². The molecule has 4 heteroatoms. The highest BCUT2D eigenvalue weighted by atomic mass is 16.5. The van der Waals surface area contributed by atoms with Crippen LogP contribution < -0.4 is 10.6 Å². The fourth-order valence-electron chi connectivity index (χ4n) is 2.74. The average molecular weight is 240 g/mol. The van der Waals surface area contributed by atoms with Gasteiger partial charge >= 0.3 is 0 Å². The molecule has 0 aromatic carbocycles. The summed E-state index contributed by atoms with van der Waals surface area (Å²) < 4.78 is 5.34. The third-order valence-corrected chi connectivity index (χ3v) is 3.99. The quantitative estimate of drug-likeness (QED) is 0.775. The minimum absolute atomic E-state index is 0.144. The molecule has 0 bridgehead atoms. The molecule has 17 heavy (non-hydrogen) atoms. The van der Waals surface area contributed by atoms with Gasteiger partial charge in [0.15, 0.2) is 0 Å². The number of nitrogens with one attached hydrogen (secondary N) is 2. The van der Waals surface area contributed by atoms with Gasteiger partial charge in [0.2, 0.25) is 5.91 Å². The summed E-state index contributed by atoms with van der Waals surface area (Å²) in [5.41, 5.74) is -0.144. The minimum Gasteiger partial charge on any atom is -0.379 e. The van der Waals surface area contributed by atoms with E-state index < -0.39 is 0 Å². The highest BCUT2D eigenvalue weighted by molar-refractivity contribution is 5.77. The van der Waals surface area contributed by atoms with Gasteiger partial charge in [-0.2, -0.15) is 0 Å². The molecule has 3 unspecified atom stereocenters. The zero-order chi connectivity index (χ0) is 12.3. The minimum atomic E-state index is -0.144. The Hall–Kier alpha value is -0.610. The van der Waals surface area contributed by atoms with E-state index in [2.05, 4.69) is 24.5 Å². The van der Waals surface area contributed by atoms with Gasteiger partial charge in [-0.1, -0.05) is 6.92 Å². The van der Waals surface area contributed by atoms with Gasteiger partial charge in [-0.05, 0) is 38.6 Å². The van der Waals surface area contributed by atoms with Crippen molar-refractivity contribution in [3.05, 3.63) is 0 Å². The molecule has 2 N–H and O–H groups in total. The molecule has 3 atom stereocenters. The van der Waals surface area contributed by atoms with Crippen molar-refractivity contribution < 1.29 is 9.53 Å². The standard InChI is InChI=1S/C13H24N2O2/c1-10-4-3-6-14-11(10)8-12(16)15-13(2)5-7-17-9-13/h10-11,14H,3-9H2,1-2H3,(H,15,16). The first-order valence-electron chi connectivity index (χ1n) is 6.71. The van der Waals surface area contributed by atoms with Crippen LogP contribution in [0.1, 0.15) is 39.5 Å². The lowest BCUT2D eigenvalue weighted by molar-refractivity contribution is -0.123. The summed E-state index contributed by atoms with van der Waals surface area (Å²) >= 11 is 0. The van der Waals surface area contributed by atoms with Gasteiger partial charge in [0, 0.05) is 19.1 Å². The molecule has 4 nitrogen and oxygen atoms in total. The lowest BCUT2D eigenvalue weighted by atomic mass is 9.90. The van der Waals surface area contributed by atoms with Crippen molar-refractivity contribution in [3.8, 4) is 0 Å². The van der Waals surface area contributed by atoms with E-state index in [9.17, 15) is 4.79 Å². The van der Waals surface area contributed by atoms with Crippen LogP contribution in [0.15, 0.2) is 0 Å². The highest BCUT2D eigenvalue weighted by Gasteiger charge is 2.32. The lowest BCUT2D eigenvalue weighted by Crippen LogP contribution is -2.50. The second-order valence-electron chi connectivity index (χ2n) is 5.80. The van der Waals surface area contributed by atoms with Gasteiger partial charge < -0.3 is 15.4 Å². The Kier molecular flexibility index (Phi) is 4.05. The van der Waals surface area contributed by atoms with Gasteiger partial charge in [0.25, 0.3) is 0 Å². The van der Waals surface area contributed by atoms with E-state index >= 15 is 0 Å². The largest absolute Gasteiger partial charge is 0.379 e. The Labute approximate surface area is 103 Å². The van der Waals surface area contributed by atoms with E-state index in [1.54, 1.807) is 0 Å². The summed E-state index contributed by atoms with van der Waals surface area (Å²) in [5.74, 6) is 0.756.